The van der Waals surface area contributed by atoms with Crippen LogP contribution in [-0.2, 0) is 17.4 Å². The number of aliphatic hydroxyl groups excluding tert-OH is 1. The Morgan fingerprint density at radius 2 is 1.94 bits per heavy atom. The number of aryl methyl sites for hydroxylation is 1. The molecule has 0 unspecified atom stereocenters. The molecule has 2 aromatic rings. The summed E-state index contributed by atoms with van der Waals surface area (Å²) < 4.78 is 6.59. The Hall–Kier alpha value is -1.69. The molecule has 32 heavy (non-hydrogen) atoms. The third kappa shape index (κ3) is 3.72. The molecular weight excluding hydrogens is 414 g/mol. The minimum Gasteiger partial charge on any atom is -0.543 e. The molecule has 0 saturated heterocycles. The van der Waals surface area contributed by atoms with E-state index in [1.54, 1.807) is 12.4 Å². The summed E-state index contributed by atoms with van der Waals surface area (Å²) in [5.74, 6) is 1.30. The Morgan fingerprint density at radius 1 is 1.19 bits per heavy atom. The van der Waals surface area contributed by atoms with Gasteiger partial charge in [-0.05, 0) is 85.5 Å². The maximum absolute atomic E-state index is 11.6. The Bertz CT molecular complexity index is 971. The fraction of sp³-hybridized carbons (Fsp3) is 0.593. The second-order valence-corrected chi connectivity index (χ2v) is 16.2. The summed E-state index contributed by atoms with van der Waals surface area (Å²) in [4.78, 5) is 4.19. The number of aromatic nitrogens is 1. The van der Waals surface area contributed by atoms with Gasteiger partial charge in [-0.2, -0.15) is 0 Å². The molecule has 4 atom stereocenters. The van der Waals surface area contributed by atoms with E-state index in [1.165, 1.54) is 11.1 Å². The molecule has 1 saturated carbocycles. The topological polar surface area (TPSA) is 62.6 Å². The van der Waals surface area contributed by atoms with Gasteiger partial charge in [0.15, 0.2) is 0 Å². The minimum absolute atomic E-state index is 0.114. The zero-order valence-electron chi connectivity index (χ0n) is 20.5. The van der Waals surface area contributed by atoms with Crippen LogP contribution in [-0.4, -0.2) is 29.6 Å². The summed E-state index contributed by atoms with van der Waals surface area (Å²) in [6.45, 7) is 13.6. The zero-order chi connectivity index (χ0) is 23.4. The number of aliphatic hydroxyl groups is 2. The number of rotatable bonds is 4. The molecule has 0 radical (unpaired) electrons. The van der Waals surface area contributed by atoms with Crippen LogP contribution in [0, 0.1) is 5.92 Å². The second kappa shape index (κ2) is 7.96. The molecule has 1 fully saturated rings. The summed E-state index contributed by atoms with van der Waals surface area (Å²) in [5.41, 5.74) is 2.06. The van der Waals surface area contributed by atoms with Crippen molar-refractivity contribution < 1.29 is 14.6 Å². The molecule has 0 amide bonds. The van der Waals surface area contributed by atoms with Gasteiger partial charge in [0.25, 0.3) is 0 Å². The van der Waals surface area contributed by atoms with Crippen LogP contribution < -0.4 is 4.43 Å². The first-order valence-electron chi connectivity index (χ1n) is 12.1. The Kier molecular flexibility index (Phi) is 5.84. The van der Waals surface area contributed by atoms with Gasteiger partial charge in [0.1, 0.15) is 11.4 Å². The maximum atomic E-state index is 11.6. The highest BCUT2D eigenvalue weighted by Gasteiger charge is 2.55. The molecule has 2 aliphatic carbocycles. The standard InChI is InChI=1S/C27H39NO3Si/c1-7-26-17-24(29)27(30,21-9-8-14-28-18-21)16-20(26)11-10-19-15-22(12-13-23(19)26)31-32(5,6)25(2,3)4/h8-9,12-15,18,20,24,29-30H,7,10-11,16-17H2,1-6H3/t20-,24+,26-,27-/m1/s1. The number of pyridine rings is 1. The van der Waals surface area contributed by atoms with Crippen LogP contribution in [0.5, 0.6) is 5.75 Å². The van der Waals surface area contributed by atoms with Crippen molar-refractivity contribution in [1.82, 2.24) is 4.98 Å². The van der Waals surface area contributed by atoms with Gasteiger partial charge in [-0.15, -0.1) is 0 Å². The van der Waals surface area contributed by atoms with Crippen LogP contribution in [0.4, 0.5) is 0 Å². The molecule has 1 heterocycles. The second-order valence-electron chi connectivity index (χ2n) is 11.5. The highest BCUT2D eigenvalue weighted by Crippen LogP contribution is 2.57. The lowest BCUT2D eigenvalue weighted by Crippen LogP contribution is -2.56. The number of hydrogen-bond donors (Lipinski definition) is 2. The minimum atomic E-state index is -1.90. The van der Waals surface area contributed by atoms with E-state index in [-0.39, 0.29) is 10.5 Å². The molecular formula is C27H39NO3Si. The number of benzene rings is 1. The number of nitrogens with zero attached hydrogens (tertiary/aromatic N) is 1. The van der Waals surface area contributed by atoms with Crippen molar-refractivity contribution in [2.24, 2.45) is 5.92 Å². The fourth-order valence-electron chi connectivity index (χ4n) is 5.75. The monoisotopic (exact) mass is 453 g/mol. The molecule has 1 aromatic carbocycles. The normalized spacial score (nSPS) is 30.4. The van der Waals surface area contributed by atoms with Gasteiger partial charge in [0.2, 0.25) is 8.32 Å². The van der Waals surface area contributed by atoms with E-state index in [0.29, 0.717) is 18.8 Å². The first-order chi connectivity index (χ1) is 14.9. The molecule has 174 valence electrons. The van der Waals surface area contributed by atoms with Crippen LogP contribution >= 0.6 is 0 Å². The van der Waals surface area contributed by atoms with E-state index in [2.05, 4.69) is 64.0 Å². The van der Waals surface area contributed by atoms with Crippen LogP contribution in [0.2, 0.25) is 18.1 Å². The summed E-state index contributed by atoms with van der Waals surface area (Å²) >= 11 is 0. The predicted molar refractivity (Wildman–Crippen MR) is 131 cm³/mol. The maximum Gasteiger partial charge on any atom is 0.250 e. The van der Waals surface area contributed by atoms with Gasteiger partial charge >= 0.3 is 0 Å². The number of hydrogen-bond acceptors (Lipinski definition) is 4. The van der Waals surface area contributed by atoms with Crippen molar-refractivity contribution >= 4 is 8.32 Å². The first-order valence-corrected chi connectivity index (χ1v) is 15.0. The van der Waals surface area contributed by atoms with Gasteiger partial charge in [-0.1, -0.05) is 39.8 Å². The van der Waals surface area contributed by atoms with Gasteiger partial charge in [-0.25, -0.2) is 0 Å². The first kappa shape index (κ1) is 23.5. The van der Waals surface area contributed by atoms with Crippen LogP contribution in [0.15, 0.2) is 42.7 Å². The lowest BCUT2D eigenvalue weighted by atomic mass is 9.52. The fourth-order valence-corrected chi connectivity index (χ4v) is 6.77. The molecule has 5 heteroatoms. The van der Waals surface area contributed by atoms with Crippen molar-refractivity contribution in [2.45, 2.75) is 95.1 Å². The molecule has 0 bridgehead atoms. The van der Waals surface area contributed by atoms with Crippen molar-refractivity contribution in [2.75, 3.05) is 0 Å². The smallest absolute Gasteiger partial charge is 0.250 e. The van der Waals surface area contributed by atoms with E-state index < -0.39 is 20.0 Å². The number of fused-ring (bicyclic) bond motifs is 3. The molecule has 0 aliphatic heterocycles. The van der Waals surface area contributed by atoms with Gasteiger partial charge < -0.3 is 14.6 Å². The zero-order valence-corrected chi connectivity index (χ0v) is 21.5. The van der Waals surface area contributed by atoms with Crippen LogP contribution in [0.25, 0.3) is 0 Å². The lowest BCUT2D eigenvalue weighted by Gasteiger charge is -2.55. The van der Waals surface area contributed by atoms with Crippen molar-refractivity contribution in [3.8, 4) is 5.75 Å². The van der Waals surface area contributed by atoms with Gasteiger partial charge in [0, 0.05) is 23.4 Å². The third-order valence-electron chi connectivity index (χ3n) is 8.79. The van der Waals surface area contributed by atoms with Gasteiger partial charge in [-0.3, -0.25) is 4.98 Å². The van der Waals surface area contributed by atoms with Crippen molar-refractivity contribution in [3.05, 3.63) is 59.4 Å². The summed E-state index contributed by atoms with van der Waals surface area (Å²) in [5, 5.41) is 22.9. The van der Waals surface area contributed by atoms with E-state index in [1.807, 2.05) is 12.1 Å². The Morgan fingerprint density at radius 3 is 2.56 bits per heavy atom. The summed E-state index contributed by atoms with van der Waals surface area (Å²) in [7, 11) is -1.90. The largest absolute Gasteiger partial charge is 0.543 e. The predicted octanol–water partition coefficient (Wildman–Crippen LogP) is 5.72. The molecule has 2 aliphatic rings. The highest BCUT2D eigenvalue weighted by atomic mass is 28.4. The molecule has 0 spiro atoms. The lowest BCUT2D eigenvalue weighted by molar-refractivity contribution is -0.146. The Balaban J connectivity index is 1.67. The van der Waals surface area contributed by atoms with E-state index >= 15 is 0 Å². The molecule has 1 aromatic heterocycles. The van der Waals surface area contributed by atoms with E-state index in [0.717, 1.165) is 30.6 Å². The van der Waals surface area contributed by atoms with E-state index in [9.17, 15) is 10.2 Å². The molecule has 2 N–H and O–H groups in total. The molecule has 4 nitrogen and oxygen atoms in total. The average Bonchev–Trinajstić information content (AvgIpc) is 2.74. The van der Waals surface area contributed by atoms with Crippen LogP contribution in [0.3, 0.4) is 0 Å². The summed E-state index contributed by atoms with van der Waals surface area (Å²) in [6, 6.07) is 10.3. The van der Waals surface area contributed by atoms with E-state index in [4.69, 9.17) is 4.43 Å². The van der Waals surface area contributed by atoms with Crippen molar-refractivity contribution in [1.29, 1.82) is 0 Å². The van der Waals surface area contributed by atoms with Crippen molar-refractivity contribution in [3.63, 3.8) is 0 Å². The summed E-state index contributed by atoms with van der Waals surface area (Å²) in [6.07, 6.45) is 6.66. The van der Waals surface area contributed by atoms with Crippen LogP contribution in [0.1, 0.15) is 70.1 Å². The van der Waals surface area contributed by atoms with Gasteiger partial charge in [0.05, 0.1) is 6.10 Å². The highest BCUT2D eigenvalue weighted by molar-refractivity contribution is 6.74. The third-order valence-corrected chi connectivity index (χ3v) is 13.2. The Labute approximate surface area is 194 Å². The SMILES string of the molecule is CC[C@@]12C[C@H](O)[C@](O)(c3cccnc3)C[C@H]1CCc1cc(O[Si](C)(C)C(C)(C)C)ccc12. The molecule has 4 rings (SSSR count). The average molecular weight is 454 g/mol. The quantitative estimate of drug-likeness (QED) is 0.581.